The van der Waals surface area contributed by atoms with Gasteiger partial charge in [-0.3, -0.25) is 4.99 Å². The molecule has 0 aliphatic carbocycles. The van der Waals surface area contributed by atoms with E-state index in [2.05, 4.69) is 39.1 Å². The van der Waals surface area contributed by atoms with E-state index in [1.165, 1.54) is 0 Å². The van der Waals surface area contributed by atoms with E-state index in [0.717, 1.165) is 38.4 Å². The molecule has 2 N–H and O–H groups in total. The zero-order valence-corrected chi connectivity index (χ0v) is 15.0. The van der Waals surface area contributed by atoms with E-state index < -0.39 is 12.8 Å². The Labute approximate surface area is 143 Å². The van der Waals surface area contributed by atoms with Gasteiger partial charge < -0.3 is 20.3 Å². The van der Waals surface area contributed by atoms with Crippen molar-refractivity contribution < 1.29 is 17.9 Å². The first-order valence-corrected chi connectivity index (χ1v) is 8.75. The van der Waals surface area contributed by atoms with Gasteiger partial charge in [-0.1, -0.05) is 0 Å². The number of guanidine groups is 1. The molecule has 0 aromatic rings. The van der Waals surface area contributed by atoms with Gasteiger partial charge in [0.05, 0.1) is 0 Å². The molecule has 24 heavy (non-hydrogen) atoms. The maximum atomic E-state index is 12.0. The predicted octanol–water partition coefficient (Wildman–Crippen LogP) is 2.38. The number of alkyl halides is 3. The van der Waals surface area contributed by atoms with Gasteiger partial charge in [-0.25, -0.2) is 0 Å². The van der Waals surface area contributed by atoms with Gasteiger partial charge in [0.1, 0.15) is 6.61 Å². The van der Waals surface area contributed by atoms with Gasteiger partial charge >= 0.3 is 6.18 Å². The molecular weight excluding hydrogens is 321 g/mol. The number of hydrogen-bond donors (Lipinski definition) is 2. The van der Waals surface area contributed by atoms with Crippen LogP contribution in [0.25, 0.3) is 0 Å². The Morgan fingerprint density at radius 2 is 1.96 bits per heavy atom. The highest BCUT2D eigenvalue weighted by molar-refractivity contribution is 5.80. The zero-order chi connectivity index (χ0) is 18.0. The molecule has 0 radical (unpaired) electrons. The maximum Gasteiger partial charge on any atom is 0.411 e. The molecule has 1 heterocycles. The summed E-state index contributed by atoms with van der Waals surface area (Å²) in [6.07, 6.45) is -1.66. The van der Waals surface area contributed by atoms with E-state index in [0.29, 0.717) is 25.0 Å². The standard InChI is InChI=1S/C16H31F3N4O/c1-4-20-15(21-8-5-11-24-12-16(17,18)19)22-14-6-9-23(10-7-14)13(2)3/h13-14H,4-12H2,1-3H3,(H2,20,21,22). The molecule has 1 rings (SSSR count). The number of likely N-dealkylation sites (tertiary alicyclic amines) is 1. The van der Waals surface area contributed by atoms with Crippen molar-refractivity contribution in [3.63, 3.8) is 0 Å². The number of piperidine rings is 1. The number of rotatable bonds is 8. The lowest BCUT2D eigenvalue weighted by molar-refractivity contribution is -0.173. The van der Waals surface area contributed by atoms with Crippen LogP contribution >= 0.6 is 0 Å². The molecule has 8 heteroatoms. The van der Waals surface area contributed by atoms with E-state index in [4.69, 9.17) is 0 Å². The molecule has 0 unspecified atom stereocenters. The van der Waals surface area contributed by atoms with Crippen molar-refractivity contribution in [2.75, 3.05) is 39.4 Å². The smallest absolute Gasteiger partial charge is 0.372 e. The number of nitrogens with one attached hydrogen (secondary N) is 2. The van der Waals surface area contributed by atoms with Crippen LogP contribution in [0.5, 0.6) is 0 Å². The third-order valence-electron chi connectivity index (χ3n) is 3.93. The van der Waals surface area contributed by atoms with E-state index in [1.54, 1.807) is 0 Å². The monoisotopic (exact) mass is 352 g/mol. The highest BCUT2D eigenvalue weighted by Crippen LogP contribution is 2.14. The van der Waals surface area contributed by atoms with Crippen molar-refractivity contribution in [1.82, 2.24) is 15.5 Å². The number of halogens is 3. The van der Waals surface area contributed by atoms with E-state index in [9.17, 15) is 13.2 Å². The molecular formula is C16H31F3N4O. The van der Waals surface area contributed by atoms with Crippen LogP contribution in [0.3, 0.4) is 0 Å². The highest BCUT2D eigenvalue weighted by Gasteiger charge is 2.27. The third kappa shape index (κ3) is 9.32. The number of nitrogens with zero attached hydrogens (tertiary/aromatic N) is 2. The minimum absolute atomic E-state index is 0.0647. The second kappa shape index (κ2) is 10.8. The first-order chi connectivity index (χ1) is 11.3. The Morgan fingerprint density at radius 3 is 2.50 bits per heavy atom. The fourth-order valence-corrected chi connectivity index (χ4v) is 2.62. The molecule has 0 bridgehead atoms. The van der Waals surface area contributed by atoms with E-state index in [1.807, 2.05) is 6.92 Å². The fraction of sp³-hybridized carbons (Fsp3) is 0.938. The van der Waals surface area contributed by atoms with Crippen molar-refractivity contribution >= 4 is 5.96 Å². The Hall–Kier alpha value is -1.02. The molecule has 0 spiro atoms. The molecule has 0 saturated carbocycles. The quantitative estimate of drug-likeness (QED) is 0.400. The van der Waals surface area contributed by atoms with Crippen LogP contribution < -0.4 is 10.6 Å². The van der Waals surface area contributed by atoms with Crippen LogP contribution in [-0.4, -0.2) is 68.5 Å². The molecule has 0 atom stereocenters. The number of aliphatic imine (C=N–C) groups is 1. The summed E-state index contributed by atoms with van der Waals surface area (Å²) < 4.78 is 40.4. The lowest BCUT2D eigenvalue weighted by atomic mass is 10.0. The number of hydrogen-bond acceptors (Lipinski definition) is 3. The van der Waals surface area contributed by atoms with Crippen molar-refractivity contribution in [3.8, 4) is 0 Å². The van der Waals surface area contributed by atoms with Crippen molar-refractivity contribution in [3.05, 3.63) is 0 Å². The van der Waals surface area contributed by atoms with E-state index in [-0.39, 0.29) is 6.61 Å². The second-order valence-corrected chi connectivity index (χ2v) is 6.33. The Morgan fingerprint density at radius 1 is 1.29 bits per heavy atom. The van der Waals surface area contributed by atoms with Gasteiger partial charge in [-0.05, 0) is 40.0 Å². The molecule has 1 aliphatic rings. The predicted molar refractivity (Wildman–Crippen MR) is 90.3 cm³/mol. The summed E-state index contributed by atoms with van der Waals surface area (Å²) in [5.74, 6) is 0.733. The Balaban J connectivity index is 2.28. The molecule has 1 fully saturated rings. The van der Waals surface area contributed by atoms with E-state index >= 15 is 0 Å². The Kier molecular flexibility index (Phi) is 9.43. The van der Waals surface area contributed by atoms with Gasteiger partial charge in [0, 0.05) is 44.9 Å². The third-order valence-corrected chi connectivity index (χ3v) is 3.93. The fourth-order valence-electron chi connectivity index (χ4n) is 2.62. The SMILES string of the molecule is CCNC(=NCCCOCC(F)(F)F)NC1CCN(C(C)C)CC1. The number of ether oxygens (including phenoxy) is 1. The van der Waals surface area contributed by atoms with Gasteiger partial charge in [-0.2, -0.15) is 13.2 Å². The van der Waals surface area contributed by atoms with Crippen molar-refractivity contribution in [2.24, 2.45) is 4.99 Å². The van der Waals surface area contributed by atoms with Crippen LogP contribution in [0, 0.1) is 0 Å². The van der Waals surface area contributed by atoms with Gasteiger partial charge in [0.15, 0.2) is 5.96 Å². The topological polar surface area (TPSA) is 48.9 Å². The Bertz CT molecular complexity index is 367. The summed E-state index contributed by atoms with van der Waals surface area (Å²) in [6.45, 7) is 8.61. The molecule has 0 aromatic carbocycles. The zero-order valence-electron chi connectivity index (χ0n) is 15.0. The van der Waals surface area contributed by atoms with Crippen LogP contribution in [0.4, 0.5) is 13.2 Å². The summed E-state index contributed by atoms with van der Waals surface area (Å²) >= 11 is 0. The van der Waals surface area contributed by atoms with Crippen molar-refractivity contribution in [2.45, 2.75) is 58.3 Å². The second-order valence-electron chi connectivity index (χ2n) is 6.33. The van der Waals surface area contributed by atoms with Crippen LogP contribution in [-0.2, 0) is 4.74 Å². The highest BCUT2D eigenvalue weighted by atomic mass is 19.4. The first-order valence-electron chi connectivity index (χ1n) is 8.75. The van der Waals surface area contributed by atoms with Crippen LogP contribution in [0.2, 0.25) is 0 Å². The lowest BCUT2D eigenvalue weighted by Crippen LogP contribution is -2.49. The maximum absolute atomic E-state index is 12.0. The molecule has 1 saturated heterocycles. The minimum Gasteiger partial charge on any atom is -0.372 e. The summed E-state index contributed by atoms with van der Waals surface area (Å²) in [7, 11) is 0. The summed E-state index contributed by atoms with van der Waals surface area (Å²) in [5.41, 5.74) is 0. The molecule has 142 valence electrons. The first kappa shape index (κ1) is 21.0. The summed E-state index contributed by atoms with van der Waals surface area (Å²) in [4.78, 5) is 6.87. The van der Waals surface area contributed by atoms with Crippen LogP contribution in [0.15, 0.2) is 4.99 Å². The normalized spacial score (nSPS) is 18.2. The largest absolute Gasteiger partial charge is 0.411 e. The molecule has 0 amide bonds. The lowest BCUT2D eigenvalue weighted by Gasteiger charge is -2.35. The summed E-state index contributed by atoms with van der Waals surface area (Å²) in [6, 6.07) is 0.962. The molecule has 1 aliphatic heterocycles. The van der Waals surface area contributed by atoms with Gasteiger partial charge in [0.25, 0.3) is 0 Å². The minimum atomic E-state index is -4.26. The van der Waals surface area contributed by atoms with Crippen molar-refractivity contribution in [1.29, 1.82) is 0 Å². The van der Waals surface area contributed by atoms with Gasteiger partial charge in [-0.15, -0.1) is 0 Å². The average Bonchev–Trinajstić information content (AvgIpc) is 2.50. The molecule has 0 aromatic heterocycles. The average molecular weight is 352 g/mol. The summed E-state index contributed by atoms with van der Waals surface area (Å²) in [5, 5.41) is 6.61. The molecule has 5 nitrogen and oxygen atoms in total. The van der Waals surface area contributed by atoms with Crippen LogP contribution in [0.1, 0.15) is 40.0 Å². The van der Waals surface area contributed by atoms with Gasteiger partial charge in [0.2, 0.25) is 0 Å².